The fourth-order valence-corrected chi connectivity index (χ4v) is 3.44. The average Bonchev–Trinajstić information content (AvgIpc) is 2.97. The van der Waals surface area contributed by atoms with Crippen molar-refractivity contribution in [3.8, 4) is 5.75 Å². The number of hydrogen-bond donors (Lipinski definition) is 2. The van der Waals surface area contributed by atoms with Crippen LogP contribution in [0.25, 0.3) is 0 Å². The van der Waals surface area contributed by atoms with E-state index in [-0.39, 0.29) is 17.1 Å². The van der Waals surface area contributed by atoms with Crippen LogP contribution >= 0.6 is 0 Å². The van der Waals surface area contributed by atoms with Crippen molar-refractivity contribution in [2.75, 3.05) is 26.8 Å². The van der Waals surface area contributed by atoms with Crippen LogP contribution in [0.4, 0.5) is 0 Å². The van der Waals surface area contributed by atoms with Crippen molar-refractivity contribution in [3.05, 3.63) is 29.8 Å². The number of rotatable bonds is 3. The Morgan fingerprint density at radius 2 is 2.08 bits per heavy atom. The summed E-state index contributed by atoms with van der Waals surface area (Å²) in [7, 11) is 1.82. The Kier molecular flexibility index (Phi) is 4.72. The van der Waals surface area contributed by atoms with Gasteiger partial charge in [-0.3, -0.25) is 4.99 Å². The van der Waals surface area contributed by atoms with E-state index < -0.39 is 0 Å². The van der Waals surface area contributed by atoms with Crippen molar-refractivity contribution in [2.45, 2.75) is 45.3 Å². The predicted molar refractivity (Wildman–Crippen MR) is 96.5 cm³/mol. The van der Waals surface area contributed by atoms with E-state index in [9.17, 15) is 0 Å². The van der Waals surface area contributed by atoms with Crippen LogP contribution in [0.15, 0.2) is 29.3 Å². The first kappa shape index (κ1) is 17.1. The van der Waals surface area contributed by atoms with Gasteiger partial charge in [-0.25, -0.2) is 0 Å². The van der Waals surface area contributed by atoms with Gasteiger partial charge >= 0.3 is 0 Å². The van der Waals surface area contributed by atoms with Crippen LogP contribution in [0, 0.1) is 5.41 Å². The first-order chi connectivity index (χ1) is 11.4. The Balaban J connectivity index is 1.69. The molecule has 3 rings (SSSR count). The van der Waals surface area contributed by atoms with Crippen LogP contribution in [-0.2, 0) is 4.74 Å². The maximum Gasteiger partial charge on any atom is 0.191 e. The largest absolute Gasteiger partial charge is 0.487 e. The molecule has 0 radical (unpaired) electrons. The summed E-state index contributed by atoms with van der Waals surface area (Å²) in [6.45, 7) is 9.04. The van der Waals surface area contributed by atoms with E-state index in [1.165, 1.54) is 5.56 Å². The Morgan fingerprint density at radius 1 is 1.29 bits per heavy atom. The maximum atomic E-state index is 6.11. The molecule has 1 aromatic carbocycles. The van der Waals surface area contributed by atoms with Crippen LogP contribution in [0.2, 0.25) is 0 Å². The molecule has 0 aromatic heterocycles. The Bertz CT molecular complexity index is 606. The summed E-state index contributed by atoms with van der Waals surface area (Å²) in [4.78, 5) is 4.41. The van der Waals surface area contributed by atoms with Gasteiger partial charge in [0.25, 0.3) is 0 Å². The molecule has 2 atom stereocenters. The van der Waals surface area contributed by atoms with E-state index in [4.69, 9.17) is 9.47 Å². The van der Waals surface area contributed by atoms with Gasteiger partial charge in [0.05, 0.1) is 12.6 Å². The summed E-state index contributed by atoms with van der Waals surface area (Å²) in [5.41, 5.74) is 1.18. The first-order valence-electron chi connectivity index (χ1n) is 8.74. The van der Waals surface area contributed by atoms with Gasteiger partial charge in [0.15, 0.2) is 5.96 Å². The molecule has 2 aliphatic heterocycles. The highest BCUT2D eigenvalue weighted by Crippen LogP contribution is 2.39. The van der Waals surface area contributed by atoms with Crippen LogP contribution in [-0.4, -0.2) is 38.4 Å². The van der Waals surface area contributed by atoms with E-state index in [2.05, 4.69) is 48.5 Å². The molecule has 1 saturated heterocycles. The van der Waals surface area contributed by atoms with Crippen molar-refractivity contribution in [1.82, 2.24) is 10.6 Å². The molecule has 2 N–H and O–H groups in total. The van der Waals surface area contributed by atoms with Gasteiger partial charge in [0.1, 0.15) is 11.4 Å². The third-order valence-electron chi connectivity index (χ3n) is 4.89. The molecule has 5 heteroatoms. The second kappa shape index (κ2) is 6.63. The van der Waals surface area contributed by atoms with Crippen molar-refractivity contribution in [1.29, 1.82) is 0 Å². The number of aliphatic imine (C=N–C) groups is 1. The van der Waals surface area contributed by atoms with Gasteiger partial charge in [0, 0.05) is 37.6 Å². The lowest BCUT2D eigenvalue weighted by Gasteiger charge is -2.38. The molecule has 1 fully saturated rings. The molecule has 132 valence electrons. The first-order valence-corrected chi connectivity index (χ1v) is 8.74. The molecule has 0 bridgehead atoms. The van der Waals surface area contributed by atoms with Gasteiger partial charge < -0.3 is 20.1 Å². The minimum Gasteiger partial charge on any atom is -0.487 e. The Labute approximate surface area is 144 Å². The molecule has 1 aromatic rings. The molecule has 0 spiro atoms. The lowest BCUT2D eigenvalue weighted by molar-refractivity contribution is 0.0693. The number of fused-ring (bicyclic) bond motifs is 1. The molecule has 0 amide bonds. The van der Waals surface area contributed by atoms with Crippen LogP contribution in [0.5, 0.6) is 5.75 Å². The number of benzene rings is 1. The standard InChI is InChI=1S/C19H29N3O2/c1-18(2)11-15(14-7-5-6-8-16(14)24-18)22-17(20-4)21-12-19(3)9-10-23-13-19/h5-8,15H,9-13H2,1-4H3,(H2,20,21,22). The van der Waals surface area contributed by atoms with E-state index in [0.29, 0.717) is 0 Å². The normalized spacial score (nSPS) is 28.8. The number of ether oxygens (including phenoxy) is 2. The minimum atomic E-state index is -0.198. The smallest absolute Gasteiger partial charge is 0.191 e. The molecule has 2 aliphatic rings. The quantitative estimate of drug-likeness (QED) is 0.660. The highest BCUT2D eigenvalue weighted by molar-refractivity contribution is 5.80. The van der Waals surface area contributed by atoms with Crippen LogP contribution in [0.3, 0.4) is 0 Å². The molecule has 0 saturated carbocycles. The number of nitrogens with zero attached hydrogens (tertiary/aromatic N) is 1. The van der Waals surface area contributed by atoms with Gasteiger partial charge in [-0.15, -0.1) is 0 Å². The average molecular weight is 331 g/mol. The van der Waals surface area contributed by atoms with Crippen molar-refractivity contribution in [3.63, 3.8) is 0 Å². The number of para-hydroxylation sites is 1. The third kappa shape index (κ3) is 3.83. The van der Waals surface area contributed by atoms with E-state index in [0.717, 1.165) is 44.3 Å². The Morgan fingerprint density at radius 3 is 2.79 bits per heavy atom. The minimum absolute atomic E-state index is 0.184. The summed E-state index contributed by atoms with van der Waals surface area (Å²) >= 11 is 0. The third-order valence-corrected chi connectivity index (χ3v) is 4.89. The van der Waals surface area contributed by atoms with Gasteiger partial charge in [-0.1, -0.05) is 25.1 Å². The molecule has 0 aliphatic carbocycles. The zero-order valence-electron chi connectivity index (χ0n) is 15.2. The predicted octanol–water partition coefficient (Wildman–Crippen LogP) is 2.88. The highest BCUT2D eigenvalue weighted by atomic mass is 16.5. The molecule has 2 unspecified atom stereocenters. The SMILES string of the molecule is CN=C(NCC1(C)CCOC1)NC1CC(C)(C)Oc2ccccc21. The molecule has 5 nitrogen and oxygen atoms in total. The molecular weight excluding hydrogens is 302 g/mol. The highest BCUT2D eigenvalue weighted by Gasteiger charge is 2.34. The summed E-state index contributed by atoms with van der Waals surface area (Å²) in [5.74, 6) is 1.79. The lowest BCUT2D eigenvalue weighted by atomic mass is 9.89. The number of nitrogens with one attached hydrogen (secondary N) is 2. The van der Waals surface area contributed by atoms with Crippen molar-refractivity contribution >= 4 is 5.96 Å². The molecular formula is C19H29N3O2. The zero-order valence-corrected chi connectivity index (χ0v) is 15.2. The molecule has 24 heavy (non-hydrogen) atoms. The lowest BCUT2D eigenvalue weighted by Crippen LogP contribution is -2.47. The summed E-state index contributed by atoms with van der Waals surface area (Å²) in [6.07, 6.45) is 1.98. The summed E-state index contributed by atoms with van der Waals surface area (Å²) in [5, 5.41) is 7.05. The van der Waals surface area contributed by atoms with Crippen molar-refractivity contribution in [2.24, 2.45) is 10.4 Å². The summed E-state index contributed by atoms with van der Waals surface area (Å²) in [6, 6.07) is 8.43. The van der Waals surface area contributed by atoms with Gasteiger partial charge in [-0.2, -0.15) is 0 Å². The summed E-state index contributed by atoms with van der Waals surface area (Å²) < 4.78 is 11.6. The zero-order chi connectivity index (χ0) is 17.2. The van der Waals surface area contributed by atoms with Gasteiger partial charge in [0.2, 0.25) is 0 Å². The fraction of sp³-hybridized carbons (Fsp3) is 0.632. The maximum absolute atomic E-state index is 6.11. The topological polar surface area (TPSA) is 54.9 Å². The van der Waals surface area contributed by atoms with Crippen molar-refractivity contribution < 1.29 is 9.47 Å². The van der Waals surface area contributed by atoms with E-state index in [1.807, 2.05) is 19.2 Å². The van der Waals surface area contributed by atoms with E-state index in [1.54, 1.807) is 0 Å². The monoisotopic (exact) mass is 331 g/mol. The van der Waals surface area contributed by atoms with E-state index >= 15 is 0 Å². The number of hydrogen-bond acceptors (Lipinski definition) is 3. The Hall–Kier alpha value is -1.75. The van der Waals surface area contributed by atoms with Gasteiger partial charge in [-0.05, 0) is 26.3 Å². The van der Waals surface area contributed by atoms with Crippen LogP contribution in [0.1, 0.15) is 45.2 Å². The second-order valence-corrected chi connectivity index (χ2v) is 7.84. The fourth-order valence-electron chi connectivity index (χ4n) is 3.44. The number of guanidine groups is 1. The molecule has 2 heterocycles. The second-order valence-electron chi connectivity index (χ2n) is 7.84. The van der Waals surface area contributed by atoms with Crippen LogP contribution < -0.4 is 15.4 Å².